The van der Waals surface area contributed by atoms with E-state index in [2.05, 4.69) is 81.4 Å². The van der Waals surface area contributed by atoms with Gasteiger partial charge in [0.2, 0.25) is 0 Å². The van der Waals surface area contributed by atoms with E-state index in [1.807, 2.05) is 21.6 Å². The second-order valence-corrected chi connectivity index (χ2v) is 12.4. The minimum Gasteiger partial charge on any atom is -0.357 e. The third-order valence-corrected chi connectivity index (χ3v) is 8.57. The molecule has 2 rings (SSSR count). The normalized spacial score (nSPS) is 11.5. The van der Waals surface area contributed by atoms with Crippen molar-refractivity contribution in [2.75, 3.05) is 50.8 Å². The highest BCUT2D eigenvalue weighted by atomic mass is 33.1. The molecule has 0 saturated carbocycles. The first-order valence-electron chi connectivity index (χ1n) is 14.0. The molecule has 2 heterocycles. The molecular weight excluding hydrogens is 484 g/mol. The van der Waals surface area contributed by atoms with Crippen LogP contribution in [-0.4, -0.2) is 59.9 Å². The lowest BCUT2D eigenvalue weighted by atomic mass is 10.2. The molecule has 0 spiro atoms. The second-order valence-electron chi connectivity index (χ2n) is 9.70. The lowest BCUT2D eigenvalue weighted by molar-refractivity contribution is 0.569. The fraction of sp³-hybridized carbons (Fsp3) is 0.714. The van der Waals surface area contributed by atoms with Crippen molar-refractivity contribution in [2.45, 2.75) is 64.5 Å². The highest BCUT2D eigenvalue weighted by Gasteiger charge is 1.97. The van der Waals surface area contributed by atoms with Gasteiger partial charge in [-0.1, -0.05) is 47.3 Å². The fourth-order valence-corrected chi connectivity index (χ4v) is 6.00. The van der Waals surface area contributed by atoms with Crippen molar-refractivity contribution in [3.05, 3.63) is 48.0 Å². The Balaban J connectivity index is 1.17. The molecule has 0 aromatic carbocycles. The van der Waals surface area contributed by atoms with Crippen LogP contribution in [0.25, 0.3) is 0 Å². The van der Waals surface area contributed by atoms with Crippen molar-refractivity contribution >= 4 is 21.6 Å². The van der Waals surface area contributed by atoms with Gasteiger partial charge in [0.05, 0.1) is 0 Å². The molecule has 0 radical (unpaired) electrons. The average molecular weight is 537 g/mol. The number of unbranched alkanes of at least 4 members (excludes halogenated alkanes) is 6. The van der Waals surface area contributed by atoms with Gasteiger partial charge in [-0.2, -0.15) is 0 Å². The van der Waals surface area contributed by atoms with Crippen molar-refractivity contribution in [2.24, 2.45) is 14.1 Å². The first kappa shape index (κ1) is 31.3. The van der Waals surface area contributed by atoms with Gasteiger partial charge in [-0.15, -0.1) is 0 Å². The Hall–Kier alpha value is -0.900. The largest absolute Gasteiger partial charge is 0.357 e. The van der Waals surface area contributed by atoms with Crippen LogP contribution in [0.15, 0.2) is 36.9 Å². The molecule has 0 aliphatic rings. The highest BCUT2D eigenvalue weighted by molar-refractivity contribution is 8.76. The minimum absolute atomic E-state index is 0.989. The number of rotatable bonds is 25. The zero-order chi connectivity index (χ0) is 25.5. The van der Waals surface area contributed by atoms with Crippen LogP contribution in [0.1, 0.15) is 62.5 Å². The predicted octanol–water partition coefficient (Wildman–Crippen LogP) is 4.92. The van der Waals surface area contributed by atoms with Crippen LogP contribution in [0, 0.1) is 0 Å². The van der Waals surface area contributed by atoms with E-state index in [0.29, 0.717) is 0 Å². The predicted molar refractivity (Wildman–Crippen MR) is 162 cm³/mol. The zero-order valence-corrected chi connectivity index (χ0v) is 24.5. The van der Waals surface area contributed by atoms with Gasteiger partial charge in [0.25, 0.3) is 0 Å². The first-order valence-corrected chi connectivity index (χ1v) is 16.5. The summed E-state index contributed by atoms with van der Waals surface area (Å²) in [6.07, 6.45) is 19.0. The summed E-state index contributed by atoms with van der Waals surface area (Å²) in [6.45, 7) is 8.80. The molecule has 0 unspecified atom stereocenters. The fourth-order valence-electron chi connectivity index (χ4n) is 4.10. The molecule has 206 valence electrons. The topological polar surface area (TPSA) is 58.0 Å². The summed E-state index contributed by atoms with van der Waals surface area (Å²) in [7, 11) is 8.16. The van der Waals surface area contributed by atoms with Crippen LogP contribution in [0.4, 0.5) is 0 Å². The molecular formula is C28H52N6S2. The van der Waals surface area contributed by atoms with Crippen molar-refractivity contribution < 1.29 is 0 Å². The SMILES string of the molecule is Cn1ccc(CNCCCCCCNCCSSCCNCCCCCCNCc2ccn(C)c2)c1. The standard InChI is InChI=1S/C28H52N6S2/c1-33-19-11-27(25-33)23-31-15-9-5-3-7-13-29-17-21-35-36-22-18-30-14-8-4-6-10-16-32-24-28-12-20-34(2)26-28/h11-12,19-20,25-26,29-32H,3-10,13-18,21-24H2,1-2H3. The van der Waals surface area contributed by atoms with E-state index in [1.54, 1.807) is 0 Å². The molecule has 0 atom stereocenters. The maximum absolute atomic E-state index is 3.59. The molecule has 2 aromatic heterocycles. The van der Waals surface area contributed by atoms with Gasteiger partial charge >= 0.3 is 0 Å². The first-order chi connectivity index (χ1) is 17.7. The van der Waals surface area contributed by atoms with Crippen LogP contribution in [0.3, 0.4) is 0 Å². The van der Waals surface area contributed by atoms with Crippen molar-refractivity contribution in [1.29, 1.82) is 0 Å². The van der Waals surface area contributed by atoms with Crippen LogP contribution in [-0.2, 0) is 27.2 Å². The summed E-state index contributed by atoms with van der Waals surface area (Å²) >= 11 is 0. The Kier molecular flexibility index (Phi) is 19.2. The Bertz CT molecular complexity index is 686. The monoisotopic (exact) mass is 536 g/mol. The number of nitrogens with zero attached hydrogens (tertiary/aromatic N) is 2. The molecule has 6 nitrogen and oxygen atoms in total. The molecule has 2 aromatic rings. The van der Waals surface area contributed by atoms with Crippen LogP contribution >= 0.6 is 21.6 Å². The third kappa shape index (κ3) is 17.5. The smallest absolute Gasteiger partial charge is 0.0220 e. The van der Waals surface area contributed by atoms with Gasteiger partial charge in [0.1, 0.15) is 0 Å². The summed E-state index contributed by atoms with van der Waals surface area (Å²) in [5, 5.41) is 14.3. The van der Waals surface area contributed by atoms with Crippen LogP contribution in [0.2, 0.25) is 0 Å². The molecule has 0 aliphatic heterocycles. The summed E-state index contributed by atoms with van der Waals surface area (Å²) in [5.74, 6) is 2.40. The number of hydrogen-bond acceptors (Lipinski definition) is 6. The quantitative estimate of drug-likeness (QED) is 0.107. The molecule has 0 saturated heterocycles. The lowest BCUT2D eigenvalue weighted by Gasteiger charge is -2.07. The van der Waals surface area contributed by atoms with Crippen molar-refractivity contribution in [3.8, 4) is 0 Å². The van der Waals surface area contributed by atoms with Crippen LogP contribution in [0.5, 0.6) is 0 Å². The maximum Gasteiger partial charge on any atom is 0.0220 e. The molecule has 0 aliphatic carbocycles. The van der Waals surface area contributed by atoms with E-state index in [9.17, 15) is 0 Å². The number of nitrogens with one attached hydrogen (secondary N) is 4. The molecule has 36 heavy (non-hydrogen) atoms. The van der Waals surface area contributed by atoms with Gasteiger partial charge < -0.3 is 30.4 Å². The van der Waals surface area contributed by atoms with Crippen molar-refractivity contribution in [1.82, 2.24) is 30.4 Å². The van der Waals surface area contributed by atoms with E-state index in [1.165, 1.54) is 74.0 Å². The van der Waals surface area contributed by atoms with Gasteiger partial charge in [-0.05, 0) is 75.1 Å². The van der Waals surface area contributed by atoms with Gasteiger partial charge in [0, 0.05) is 76.6 Å². The number of aryl methyl sites for hydroxylation is 2. The van der Waals surface area contributed by atoms with Gasteiger partial charge in [-0.3, -0.25) is 0 Å². The van der Waals surface area contributed by atoms with Gasteiger partial charge in [-0.25, -0.2) is 0 Å². The minimum atomic E-state index is 0.989. The summed E-state index contributed by atoms with van der Waals surface area (Å²) in [6, 6.07) is 4.37. The molecule has 8 heteroatoms. The van der Waals surface area contributed by atoms with Crippen molar-refractivity contribution in [3.63, 3.8) is 0 Å². The van der Waals surface area contributed by atoms with E-state index in [0.717, 1.165) is 52.4 Å². The molecule has 4 N–H and O–H groups in total. The Morgan fingerprint density at radius 1 is 0.528 bits per heavy atom. The highest BCUT2D eigenvalue weighted by Crippen LogP contribution is 2.19. The Morgan fingerprint density at radius 2 is 0.917 bits per heavy atom. The molecule has 0 amide bonds. The number of aromatic nitrogens is 2. The Labute approximate surface area is 228 Å². The average Bonchev–Trinajstić information content (AvgIpc) is 3.49. The van der Waals surface area contributed by atoms with E-state index >= 15 is 0 Å². The maximum atomic E-state index is 3.59. The zero-order valence-electron chi connectivity index (χ0n) is 22.9. The van der Waals surface area contributed by atoms with Crippen LogP contribution < -0.4 is 21.3 Å². The third-order valence-electron chi connectivity index (χ3n) is 6.17. The van der Waals surface area contributed by atoms with E-state index in [-0.39, 0.29) is 0 Å². The summed E-state index contributed by atoms with van der Waals surface area (Å²) in [5.41, 5.74) is 2.75. The van der Waals surface area contributed by atoms with Gasteiger partial charge in [0.15, 0.2) is 0 Å². The Morgan fingerprint density at radius 3 is 1.28 bits per heavy atom. The van der Waals surface area contributed by atoms with E-state index < -0.39 is 0 Å². The summed E-state index contributed by atoms with van der Waals surface area (Å²) < 4.78 is 4.21. The summed E-state index contributed by atoms with van der Waals surface area (Å²) in [4.78, 5) is 0. The molecule has 0 fully saturated rings. The second kappa shape index (κ2) is 22.1. The molecule has 0 bridgehead atoms. The van der Waals surface area contributed by atoms with E-state index in [4.69, 9.17) is 0 Å². The lowest BCUT2D eigenvalue weighted by Crippen LogP contribution is -2.19. The number of hydrogen-bond donors (Lipinski definition) is 4.